The van der Waals surface area contributed by atoms with Crippen LogP contribution in [0.4, 0.5) is 0 Å². The molecule has 10 aromatic rings. The van der Waals surface area contributed by atoms with Crippen molar-refractivity contribution in [1.82, 2.24) is 19.5 Å². The second-order valence-electron chi connectivity index (χ2n) is 15.0. The molecule has 1 unspecified atom stereocenters. The summed E-state index contributed by atoms with van der Waals surface area (Å²) in [5, 5.41) is 2.48. The number of hydrogen-bond donors (Lipinski definition) is 0. The third-order valence-corrected chi connectivity index (χ3v) is 11.8. The first kappa shape index (κ1) is 33.0. The van der Waals surface area contributed by atoms with Crippen LogP contribution >= 0.6 is 0 Å². The quantitative estimate of drug-likeness (QED) is 0.171. The maximum absolute atomic E-state index is 5.07. The van der Waals surface area contributed by atoms with E-state index in [-0.39, 0.29) is 5.41 Å². The molecule has 0 amide bonds. The molecule has 4 heteroatoms. The van der Waals surface area contributed by atoms with Crippen LogP contribution in [0, 0.1) is 0 Å². The van der Waals surface area contributed by atoms with Gasteiger partial charge < -0.3 is 4.57 Å². The summed E-state index contributed by atoms with van der Waals surface area (Å²) in [7, 11) is 0. The van der Waals surface area contributed by atoms with Gasteiger partial charge in [-0.1, -0.05) is 158 Å². The van der Waals surface area contributed by atoms with Gasteiger partial charge in [-0.2, -0.15) is 0 Å². The first-order valence-electron chi connectivity index (χ1n) is 19.4. The Morgan fingerprint density at radius 2 is 0.860 bits per heavy atom. The van der Waals surface area contributed by atoms with Gasteiger partial charge in [-0.15, -0.1) is 0 Å². The van der Waals surface area contributed by atoms with Crippen molar-refractivity contribution in [3.05, 3.63) is 217 Å². The van der Waals surface area contributed by atoms with E-state index in [4.69, 9.17) is 15.0 Å². The van der Waals surface area contributed by atoms with Gasteiger partial charge in [0.25, 0.3) is 0 Å². The lowest BCUT2D eigenvalue weighted by molar-refractivity contribution is 0.714. The summed E-state index contributed by atoms with van der Waals surface area (Å²) in [5.74, 6) is 1.92. The van der Waals surface area contributed by atoms with E-state index < -0.39 is 0 Å². The van der Waals surface area contributed by atoms with E-state index in [1.807, 2.05) is 36.4 Å². The Kier molecular flexibility index (Phi) is 7.58. The third-order valence-electron chi connectivity index (χ3n) is 11.8. The van der Waals surface area contributed by atoms with Gasteiger partial charge in [0.1, 0.15) is 0 Å². The lowest BCUT2D eigenvalue weighted by Gasteiger charge is -2.28. The molecule has 1 aliphatic rings. The molecule has 8 aromatic carbocycles. The summed E-state index contributed by atoms with van der Waals surface area (Å²) in [5.41, 5.74) is 14.9. The minimum absolute atomic E-state index is 0.290. The van der Waals surface area contributed by atoms with Crippen molar-refractivity contribution in [2.24, 2.45) is 0 Å². The number of para-hydroxylation sites is 1. The van der Waals surface area contributed by atoms with Crippen molar-refractivity contribution in [2.75, 3.05) is 0 Å². The maximum Gasteiger partial charge on any atom is 0.164 e. The number of fused-ring (bicyclic) bond motifs is 6. The van der Waals surface area contributed by atoms with Gasteiger partial charge in [-0.05, 0) is 88.3 Å². The smallest absolute Gasteiger partial charge is 0.164 e. The Balaban J connectivity index is 1.04. The normalized spacial score (nSPS) is 14.5. The highest BCUT2D eigenvalue weighted by molar-refractivity contribution is 6.11. The number of aromatic nitrogens is 4. The Labute approximate surface area is 331 Å². The zero-order chi connectivity index (χ0) is 37.9. The lowest BCUT2D eigenvalue weighted by atomic mass is 9.74. The number of rotatable bonds is 6. The predicted molar refractivity (Wildman–Crippen MR) is 233 cm³/mol. The highest BCUT2D eigenvalue weighted by Gasteiger charge is 2.41. The van der Waals surface area contributed by atoms with Crippen LogP contribution in [0.15, 0.2) is 200 Å². The predicted octanol–water partition coefficient (Wildman–Crippen LogP) is 13.0. The molecule has 0 fully saturated rings. The Morgan fingerprint density at radius 1 is 0.368 bits per heavy atom. The third kappa shape index (κ3) is 5.33. The fraction of sp³-hybridized carbons (Fsp3) is 0.0377. The van der Waals surface area contributed by atoms with Gasteiger partial charge in [0.2, 0.25) is 0 Å². The topological polar surface area (TPSA) is 43.6 Å². The van der Waals surface area contributed by atoms with Gasteiger partial charge in [0.05, 0.1) is 11.0 Å². The molecule has 57 heavy (non-hydrogen) atoms. The molecular formula is C53H36N4. The first-order valence-corrected chi connectivity index (χ1v) is 19.4. The van der Waals surface area contributed by atoms with Crippen LogP contribution in [0.1, 0.15) is 23.6 Å². The van der Waals surface area contributed by atoms with Gasteiger partial charge >= 0.3 is 0 Å². The van der Waals surface area contributed by atoms with E-state index in [0.717, 1.165) is 27.9 Å². The van der Waals surface area contributed by atoms with E-state index >= 15 is 0 Å². The summed E-state index contributed by atoms with van der Waals surface area (Å²) < 4.78 is 2.41. The van der Waals surface area contributed by atoms with Crippen LogP contribution in [0.5, 0.6) is 0 Å². The molecule has 2 heterocycles. The van der Waals surface area contributed by atoms with Crippen LogP contribution < -0.4 is 0 Å². The Morgan fingerprint density at radius 3 is 1.53 bits per heavy atom. The molecule has 11 rings (SSSR count). The van der Waals surface area contributed by atoms with Crippen LogP contribution in [0.25, 0.3) is 83.9 Å². The van der Waals surface area contributed by atoms with Gasteiger partial charge in [-0.25, -0.2) is 15.0 Å². The summed E-state index contributed by atoms with van der Waals surface area (Å²) in [6.07, 6.45) is 0. The number of benzene rings is 8. The van der Waals surface area contributed by atoms with Crippen molar-refractivity contribution in [1.29, 1.82) is 0 Å². The molecule has 0 saturated carbocycles. The molecule has 1 atom stereocenters. The average Bonchev–Trinajstić information content (AvgIpc) is 3.75. The average molecular weight is 729 g/mol. The van der Waals surface area contributed by atoms with Crippen LogP contribution in [-0.4, -0.2) is 19.5 Å². The molecule has 2 aromatic heterocycles. The lowest BCUT2D eigenvalue weighted by Crippen LogP contribution is -2.22. The second kappa shape index (κ2) is 13.1. The molecular weight excluding hydrogens is 693 g/mol. The van der Waals surface area contributed by atoms with Crippen molar-refractivity contribution in [2.45, 2.75) is 12.3 Å². The minimum atomic E-state index is -0.290. The van der Waals surface area contributed by atoms with Crippen molar-refractivity contribution in [3.8, 4) is 62.1 Å². The van der Waals surface area contributed by atoms with E-state index in [2.05, 4.69) is 175 Å². The molecule has 0 spiro atoms. The monoisotopic (exact) mass is 728 g/mol. The summed E-state index contributed by atoms with van der Waals surface area (Å²) >= 11 is 0. The molecule has 0 N–H and O–H groups in total. The molecule has 0 radical (unpaired) electrons. The summed E-state index contributed by atoms with van der Waals surface area (Å²) in [6, 6.07) is 71.1. The van der Waals surface area contributed by atoms with Gasteiger partial charge in [0.15, 0.2) is 17.5 Å². The fourth-order valence-electron chi connectivity index (χ4n) is 8.86. The molecule has 268 valence electrons. The van der Waals surface area contributed by atoms with Crippen LogP contribution in [0.3, 0.4) is 0 Å². The number of nitrogens with zero attached hydrogens (tertiary/aromatic N) is 4. The highest BCUT2D eigenvalue weighted by Crippen LogP contribution is 2.54. The van der Waals surface area contributed by atoms with Crippen LogP contribution in [-0.2, 0) is 5.41 Å². The van der Waals surface area contributed by atoms with E-state index in [0.29, 0.717) is 17.5 Å². The molecule has 0 saturated heterocycles. The van der Waals surface area contributed by atoms with Crippen molar-refractivity contribution in [3.63, 3.8) is 0 Å². The first-order chi connectivity index (χ1) is 28.1. The van der Waals surface area contributed by atoms with Gasteiger partial charge in [0, 0.05) is 38.6 Å². The molecule has 4 nitrogen and oxygen atoms in total. The van der Waals surface area contributed by atoms with E-state index in [1.165, 1.54) is 55.2 Å². The summed E-state index contributed by atoms with van der Waals surface area (Å²) in [6.45, 7) is 2.38. The van der Waals surface area contributed by atoms with Crippen molar-refractivity contribution >= 4 is 21.8 Å². The number of hydrogen-bond acceptors (Lipinski definition) is 3. The highest BCUT2D eigenvalue weighted by atomic mass is 15.0. The SMILES string of the molecule is CC1(c2ccccc2)c2ccccc2-c2cc3c4ccccc4n(-c4ccc(-c5nc(-c6ccccc6)nc(-c6ccc(-c7ccccc7)cc6)n5)cc4)c3cc21. The van der Waals surface area contributed by atoms with Crippen molar-refractivity contribution < 1.29 is 0 Å². The molecule has 0 bridgehead atoms. The molecule has 0 aliphatic heterocycles. The minimum Gasteiger partial charge on any atom is -0.309 e. The zero-order valence-corrected chi connectivity index (χ0v) is 31.3. The maximum atomic E-state index is 5.07. The summed E-state index contributed by atoms with van der Waals surface area (Å²) in [4.78, 5) is 15.1. The van der Waals surface area contributed by atoms with E-state index in [1.54, 1.807) is 0 Å². The second-order valence-corrected chi connectivity index (χ2v) is 15.0. The standard InChI is InChI=1S/C53H36N4/c1-53(40-19-9-4-10-20-40)46-23-13-11-21-42(46)44-33-45-43-22-12-14-24-48(43)57(49(45)34-47(44)53)41-31-29-39(30-32-41)52-55-50(37-17-7-3-8-18-37)54-51(56-52)38-27-25-36(26-28-38)35-15-5-2-6-16-35/h2-34H,1H3. The van der Waals surface area contributed by atoms with Gasteiger partial charge in [-0.3, -0.25) is 0 Å². The zero-order valence-electron chi connectivity index (χ0n) is 31.3. The Hall–Kier alpha value is -7.43. The Bertz CT molecular complexity index is 3100. The largest absolute Gasteiger partial charge is 0.309 e. The van der Waals surface area contributed by atoms with Crippen LogP contribution in [0.2, 0.25) is 0 Å². The fourth-order valence-corrected chi connectivity index (χ4v) is 8.86. The molecule has 1 aliphatic carbocycles. The van der Waals surface area contributed by atoms with E-state index in [9.17, 15) is 0 Å².